The second-order valence-corrected chi connectivity index (χ2v) is 8.69. The second-order valence-electron chi connectivity index (χ2n) is 8.69. The first-order chi connectivity index (χ1) is 11.6. The molecule has 3 aliphatic rings. The van der Waals surface area contributed by atoms with Crippen molar-refractivity contribution < 1.29 is 19.4 Å². The van der Waals surface area contributed by atoms with E-state index in [-0.39, 0.29) is 41.5 Å². The Labute approximate surface area is 150 Å². The SMILES string of the molecule is CC(=O)OC1C2CCC(O)(C(C)C)C2CC(=O)C2(C)C=CC=C(C)C12. The molecule has 4 heteroatoms. The zero-order valence-electron chi connectivity index (χ0n) is 15.9. The van der Waals surface area contributed by atoms with Crippen LogP contribution in [0.2, 0.25) is 0 Å². The van der Waals surface area contributed by atoms with Crippen LogP contribution in [0.4, 0.5) is 0 Å². The maximum Gasteiger partial charge on any atom is 0.302 e. The fraction of sp³-hybridized carbons (Fsp3) is 0.714. The van der Waals surface area contributed by atoms with E-state index in [4.69, 9.17) is 4.74 Å². The van der Waals surface area contributed by atoms with Crippen molar-refractivity contribution in [3.63, 3.8) is 0 Å². The molecule has 2 fully saturated rings. The van der Waals surface area contributed by atoms with Crippen molar-refractivity contribution >= 4 is 11.8 Å². The molecule has 4 nitrogen and oxygen atoms in total. The summed E-state index contributed by atoms with van der Waals surface area (Å²) >= 11 is 0. The number of Topliss-reactive ketones (excluding diaryl/α,β-unsaturated/α-hetero) is 1. The molecule has 138 valence electrons. The van der Waals surface area contributed by atoms with Crippen LogP contribution < -0.4 is 0 Å². The monoisotopic (exact) mass is 346 g/mol. The summed E-state index contributed by atoms with van der Waals surface area (Å²) in [5.41, 5.74) is -0.476. The van der Waals surface area contributed by atoms with Crippen LogP contribution >= 0.6 is 0 Å². The van der Waals surface area contributed by atoms with Crippen molar-refractivity contribution in [3.8, 4) is 0 Å². The minimum atomic E-state index is -0.871. The van der Waals surface area contributed by atoms with Gasteiger partial charge in [0.15, 0.2) is 0 Å². The summed E-state index contributed by atoms with van der Waals surface area (Å²) in [4.78, 5) is 25.1. The maximum atomic E-state index is 13.3. The molecule has 0 aromatic rings. The van der Waals surface area contributed by atoms with E-state index in [9.17, 15) is 14.7 Å². The molecule has 25 heavy (non-hydrogen) atoms. The van der Waals surface area contributed by atoms with Crippen LogP contribution in [0.15, 0.2) is 23.8 Å². The smallest absolute Gasteiger partial charge is 0.302 e. The van der Waals surface area contributed by atoms with Gasteiger partial charge in [0.2, 0.25) is 0 Å². The van der Waals surface area contributed by atoms with E-state index in [0.29, 0.717) is 12.8 Å². The number of allylic oxidation sites excluding steroid dienone is 3. The molecule has 0 spiro atoms. The molecule has 0 amide bonds. The van der Waals surface area contributed by atoms with Gasteiger partial charge in [0, 0.05) is 31.1 Å². The molecule has 1 N–H and O–H groups in total. The van der Waals surface area contributed by atoms with Gasteiger partial charge in [0.05, 0.1) is 11.0 Å². The molecule has 0 radical (unpaired) electrons. The van der Waals surface area contributed by atoms with E-state index in [2.05, 4.69) is 0 Å². The molecule has 3 aliphatic carbocycles. The van der Waals surface area contributed by atoms with Crippen molar-refractivity contribution in [2.45, 2.75) is 65.6 Å². The predicted molar refractivity (Wildman–Crippen MR) is 95.7 cm³/mol. The molecule has 6 unspecified atom stereocenters. The first kappa shape index (κ1) is 18.4. The van der Waals surface area contributed by atoms with Gasteiger partial charge in [-0.15, -0.1) is 0 Å². The van der Waals surface area contributed by atoms with Crippen molar-refractivity contribution in [2.75, 3.05) is 0 Å². The highest BCUT2D eigenvalue weighted by Crippen LogP contribution is 2.56. The molecular formula is C21H30O4. The van der Waals surface area contributed by atoms with E-state index < -0.39 is 11.0 Å². The van der Waals surface area contributed by atoms with E-state index in [1.165, 1.54) is 6.92 Å². The van der Waals surface area contributed by atoms with Crippen molar-refractivity contribution in [1.82, 2.24) is 0 Å². The Hall–Kier alpha value is -1.42. The first-order valence-corrected chi connectivity index (χ1v) is 9.40. The molecule has 2 saturated carbocycles. The van der Waals surface area contributed by atoms with Gasteiger partial charge >= 0.3 is 5.97 Å². The predicted octanol–water partition coefficient (Wildman–Crippen LogP) is 3.44. The summed E-state index contributed by atoms with van der Waals surface area (Å²) in [5, 5.41) is 11.3. The highest BCUT2D eigenvalue weighted by atomic mass is 16.5. The third-order valence-electron chi connectivity index (χ3n) is 7.03. The molecule has 0 saturated heterocycles. The van der Waals surface area contributed by atoms with Crippen LogP contribution in [0.5, 0.6) is 0 Å². The number of aliphatic hydroxyl groups is 1. The topological polar surface area (TPSA) is 63.6 Å². The van der Waals surface area contributed by atoms with Crippen molar-refractivity contribution in [1.29, 1.82) is 0 Å². The van der Waals surface area contributed by atoms with Crippen LogP contribution in [0.3, 0.4) is 0 Å². The van der Waals surface area contributed by atoms with Crippen LogP contribution in [0.1, 0.15) is 53.9 Å². The van der Waals surface area contributed by atoms with Crippen molar-refractivity contribution in [2.24, 2.45) is 29.1 Å². The Kier molecular flexibility index (Phi) is 4.47. The normalized spacial score (nSPS) is 43.3. The summed E-state index contributed by atoms with van der Waals surface area (Å²) < 4.78 is 5.83. The van der Waals surface area contributed by atoms with Gasteiger partial charge < -0.3 is 9.84 Å². The summed E-state index contributed by atoms with van der Waals surface area (Å²) in [7, 11) is 0. The second kappa shape index (κ2) is 6.08. The molecule has 3 rings (SSSR count). The summed E-state index contributed by atoms with van der Waals surface area (Å²) in [6.45, 7) is 9.43. The minimum absolute atomic E-state index is 0.0157. The number of rotatable bonds is 2. The molecule has 0 bridgehead atoms. The Balaban J connectivity index is 2.12. The van der Waals surface area contributed by atoms with Crippen LogP contribution in [-0.2, 0) is 14.3 Å². The Bertz CT molecular complexity index is 646. The van der Waals surface area contributed by atoms with E-state index in [1.54, 1.807) is 0 Å². The standard InChI is InChI=1S/C21H30O4/c1-12(2)21(24)10-8-15-16(21)11-17(23)20(5)9-6-7-13(3)18(20)19(15)25-14(4)22/h6-7,9,12,15-16,18-19,24H,8,10-11H2,1-5H3. The van der Waals surface area contributed by atoms with Gasteiger partial charge in [0.25, 0.3) is 0 Å². The lowest BCUT2D eigenvalue weighted by Gasteiger charge is -2.41. The number of hydrogen-bond donors (Lipinski definition) is 1. The van der Waals surface area contributed by atoms with Crippen LogP contribution in [-0.4, -0.2) is 28.6 Å². The van der Waals surface area contributed by atoms with Gasteiger partial charge in [0.1, 0.15) is 11.9 Å². The maximum absolute atomic E-state index is 13.3. The molecule has 0 heterocycles. The largest absolute Gasteiger partial charge is 0.462 e. The lowest BCUT2D eigenvalue weighted by Crippen LogP contribution is -2.45. The van der Waals surface area contributed by atoms with Crippen LogP contribution in [0.25, 0.3) is 0 Å². The third-order valence-corrected chi connectivity index (χ3v) is 7.03. The third kappa shape index (κ3) is 2.69. The highest BCUT2D eigenvalue weighted by molar-refractivity contribution is 5.88. The quantitative estimate of drug-likeness (QED) is 0.778. The average molecular weight is 346 g/mol. The number of ketones is 1. The van der Waals surface area contributed by atoms with Gasteiger partial charge in [-0.3, -0.25) is 9.59 Å². The summed E-state index contributed by atoms with van der Waals surface area (Å²) in [5.74, 6) is -0.406. The van der Waals surface area contributed by atoms with Gasteiger partial charge in [-0.2, -0.15) is 0 Å². The Morgan fingerprint density at radius 2 is 2.08 bits per heavy atom. The van der Waals surface area contributed by atoms with Crippen molar-refractivity contribution in [3.05, 3.63) is 23.8 Å². The fourth-order valence-electron chi connectivity index (χ4n) is 5.55. The Morgan fingerprint density at radius 1 is 1.40 bits per heavy atom. The number of carbonyl (C=O) groups excluding carboxylic acids is 2. The van der Waals surface area contributed by atoms with E-state index in [1.807, 2.05) is 45.9 Å². The number of esters is 1. The number of carbonyl (C=O) groups is 2. The van der Waals surface area contributed by atoms with Gasteiger partial charge in [-0.1, -0.05) is 37.6 Å². The van der Waals surface area contributed by atoms with E-state index >= 15 is 0 Å². The summed E-state index contributed by atoms with van der Waals surface area (Å²) in [6, 6.07) is 0. The van der Waals surface area contributed by atoms with Crippen LogP contribution in [0, 0.1) is 29.1 Å². The molecule has 6 atom stereocenters. The lowest BCUT2D eigenvalue weighted by atomic mass is 9.65. The van der Waals surface area contributed by atoms with Gasteiger partial charge in [-0.25, -0.2) is 0 Å². The fourth-order valence-corrected chi connectivity index (χ4v) is 5.55. The van der Waals surface area contributed by atoms with E-state index in [0.717, 1.165) is 12.0 Å². The minimum Gasteiger partial charge on any atom is -0.462 e. The molecular weight excluding hydrogens is 316 g/mol. The first-order valence-electron chi connectivity index (χ1n) is 9.40. The zero-order chi connectivity index (χ0) is 18.6. The Morgan fingerprint density at radius 3 is 2.68 bits per heavy atom. The number of hydrogen-bond acceptors (Lipinski definition) is 4. The molecule has 0 aromatic carbocycles. The highest BCUT2D eigenvalue weighted by Gasteiger charge is 2.60. The number of fused-ring (bicyclic) bond motifs is 2. The molecule has 0 aliphatic heterocycles. The van der Waals surface area contributed by atoms with Gasteiger partial charge in [-0.05, 0) is 32.6 Å². The summed E-state index contributed by atoms with van der Waals surface area (Å²) in [6.07, 6.45) is 7.33. The lowest BCUT2D eigenvalue weighted by molar-refractivity contribution is -0.156. The number of ether oxygens (including phenoxy) is 1. The zero-order valence-corrected chi connectivity index (χ0v) is 15.9. The molecule has 0 aromatic heterocycles. The average Bonchev–Trinajstić information content (AvgIpc) is 2.79.